The van der Waals surface area contributed by atoms with E-state index in [4.69, 9.17) is 51.8 Å². The summed E-state index contributed by atoms with van der Waals surface area (Å²) in [7, 11) is 1.28. The predicted octanol–water partition coefficient (Wildman–Crippen LogP) is 4.12. The predicted molar refractivity (Wildman–Crippen MR) is 124 cm³/mol. The van der Waals surface area contributed by atoms with Crippen molar-refractivity contribution in [1.29, 1.82) is 0 Å². The van der Waals surface area contributed by atoms with Crippen molar-refractivity contribution in [3.8, 4) is 0 Å². The zero-order chi connectivity index (χ0) is 22.3. The SMILES string of the molecule is COC(=O)c1ccccc1NC(=S)NC(NC(=O)Cc1ccc(C)cc1)C(Cl)(Cl)Cl. The molecule has 0 radical (unpaired) electrons. The van der Waals surface area contributed by atoms with E-state index < -0.39 is 15.9 Å². The van der Waals surface area contributed by atoms with Gasteiger partial charge in [-0.15, -0.1) is 0 Å². The van der Waals surface area contributed by atoms with E-state index in [1.54, 1.807) is 24.3 Å². The number of esters is 1. The highest BCUT2D eigenvalue weighted by Gasteiger charge is 2.34. The topological polar surface area (TPSA) is 79.5 Å². The normalized spacial score (nSPS) is 11.9. The number of methoxy groups -OCH3 is 1. The van der Waals surface area contributed by atoms with E-state index in [0.29, 0.717) is 5.69 Å². The average Bonchev–Trinajstić information content (AvgIpc) is 2.68. The van der Waals surface area contributed by atoms with Crippen molar-refractivity contribution in [1.82, 2.24) is 10.6 Å². The average molecular weight is 489 g/mol. The molecule has 0 saturated carbocycles. The molecule has 0 aliphatic rings. The monoisotopic (exact) mass is 487 g/mol. The number of hydrogen-bond donors (Lipinski definition) is 3. The summed E-state index contributed by atoms with van der Waals surface area (Å²) in [5.41, 5.74) is 2.58. The second-order valence-electron chi connectivity index (χ2n) is 6.34. The Morgan fingerprint density at radius 3 is 2.30 bits per heavy atom. The van der Waals surface area contributed by atoms with E-state index in [0.717, 1.165) is 11.1 Å². The van der Waals surface area contributed by atoms with E-state index in [1.165, 1.54) is 7.11 Å². The molecule has 0 aromatic heterocycles. The Balaban J connectivity index is 2.06. The van der Waals surface area contributed by atoms with Crippen LogP contribution in [-0.4, -0.2) is 34.1 Å². The number of halogens is 3. The van der Waals surface area contributed by atoms with Crippen LogP contribution in [0.5, 0.6) is 0 Å². The van der Waals surface area contributed by atoms with Gasteiger partial charge < -0.3 is 20.7 Å². The summed E-state index contributed by atoms with van der Waals surface area (Å²) in [6, 6.07) is 14.1. The molecule has 2 aromatic carbocycles. The molecule has 0 heterocycles. The second kappa shape index (κ2) is 10.8. The fourth-order valence-corrected chi connectivity index (χ4v) is 3.03. The van der Waals surface area contributed by atoms with Gasteiger partial charge in [0.1, 0.15) is 6.17 Å². The lowest BCUT2D eigenvalue weighted by Crippen LogP contribution is -2.56. The molecule has 30 heavy (non-hydrogen) atoms. The van der Waals surface area contributed by atoms with Crippen LogP contribution in [-0.2, 0) is 16.0 Å². The molecule has 2 rings (SSSR count). The van der Waals surface area contributed by atoms with Crippen molar-refractivity contribution in [2.24, 2.45) is 0 Å². The van der Waals surface area contributed by atoms with Gasteiger partial charge in [-0.2, -0.15) is 0 Å². The van der Waals surface area contributed by atoms with Gasteiger partial charge >= 0.3 is 5.97 Å². The summed E-state index contributed by atoms with van der Waals surface area (Å²) in [6.07, 6.45) is -1.02. The van der Waals surface area contributed by atoms with Gasteiger partial charge in [-0.05, 0) is 36.8 Å². The molecule has 0 aliphatic carbocycles. The van der Waals surface area contributed by atoms with Crippen LogP contribution in [0, 0.1) is 6.92 Å². The molecule has 2 aromatic rings. The molecule has 0 bridgehead atoms. The summed E-state index contributed by atoms with van der Waals surface area (Å²) in [5.74, 6) is -0.898. The number of benzene rings is 2. The number of nitrogens with one attached hydrogen (secondary N) is 3. The number of carbonyl (C=O) groups is 2. The molecule has 0 spiro atoms. The van der Waals surface area contributed by atoms with Crippen molar-refractivity contribution in [3.05, 3.63) is 65.2 Å². The van der Waals surface area contributed by atoms with Gasteiger partial charge in [-0.1, -0.05) is 76.8 Å². The molecule has 160 valence electrons. The van der Waals surface area contributed by atoms with Crippen molar-refractivity contribution < 1.29 is 14.3 Å². The fourth-order valence-electron chi connectivity index (χ4n) is 2.47. The Morgan fingerprint density at radius 1 is 1.07 bits per heavy atom. The van der Waals surface area contributed by atoms with E-state index in [1.807, 2.05) is 31.2 Å². The molecule has 1 unspecified atom stereocenters. The maximum Gasteiger partial charge on any atom is 0.339 e. The smallest absolute Gasteiger partial charge is 0.339 e. The molecule has 0 saturated heterocycles. The number of anilines is 1. The van der Waals surface area contributed by atoms with E-state index in [2.05, 4.69) is 16.0 Å². The van der Waals surface area contributed by atoms with Crippen LogP contribution in [0.2, 0.25) is 0 Å². The molecule has 1 amide bonds. The summed E-state index contributed by atoms with van der Waals surface area (Å²) in [5, 5.41) is 8.27. The minimum atomic E-state index is -1.89. The third kappa shape index (κ3) is 7.32. The van der Waals surface area contributed by atoms with E-state index >= 15 is 0 Å². The number of amides is 1. The highest BCUT2D eigenvalue weighted by molar-refractivity contribution is 7.80. The molecular weight excluding hydrogens is 469 g/mol. The lowest BCUT2D eigenvalue weighted by molar-refractivity contribution is -0.121. The molecule has 3 N–H and O–H groups in total. The first-order chi connectivity index (χ1) is 14.1. The number of thiocarbonyl (C=S) groups is 1. The van der Waals surface area contributed by atoms with Gasteiger partial charge in [-0.25, -0.2) is 4.79 Å². The highest BCUT2D eigenvalue weighted by atomic mass is 35.6. The van der Waals surface area contributed by atoms with Crippen molar-refractivity contribution in [2.45, 2.75) is 23.3 Å². The Labute approximate surface area is 195 Å². The van der Waals surface area contributed by atoms with Crippen LogP contribution in [0.25, 0.3) is 0 Å². The summed E-state index contributed by atoms with van der Waals surface area (Å²) in [6.45, 7) is 1.96. The number of ether oxygens (including phenoxy) is 1. The maximum absolute atomic E-state index is 12.4. The minimum absolute atomic E-state index is 0.0401. The second-order valence-corrected chi connectivity index (χ2v) is 9.12. The summed E-state index contributed by atoms with van der Waals surface area (Å²) >= 11 is 23.3. The first-order valence-corrected chi connectivity index (χ1v) is 10.3. The van der Waals surface area contributed by atoms with Crippen LogP contribution >= 0.6 is 47.0 Å². The number of aryl methyl sites for hydroxylation is 1. The molecular formula is C20H20Cl3N3O3S. The Morgan fingerprint density at radius 2 is 1.70 bits per heavy atom. The largest absolute Gasteiger partial charge is 0.465 e. The molecule has 0 aliphatic heterocycles. The molecule has 6 nitrogen and oxygen atoms in total. The molecule has 0 fully saturated rings. The Bertz CT molecular complexity index is 918. The Kier molecular flexibility index (Phi) is 8.73. The van der Waals surface area contributed by atoms with Gasteiger partial charge in [0, 0.05) is 0 Å². The van der Waals surface area contributed by atoms with Gasteiger partial charge in [-0.3, -0.25) is 4.79 Å². The number of rotatable bonds is 6. The van der Waals surface area contributed by atoms with Crippen LogP contribution in [0.15, 0.2) is 48.5 Å². The summed E-state index contributed by atoms with van der Waals surface area (Å²) < 4.78 is 2.86. The Hall–Kier alpha value is -2.06. The third-order valence-electron chi connectivity index (χ3n) is 3.97. The van der Waals surface area contributed by atoms with Gasteiger partial charge in [0.15, 0.2) is 5.11 Å². The van der Waals surface area contributed by atoms with Crippen LogP contribution in [0.4, 0.5) is 5.69 Å². The lowest BCUT2D eigenvalue weighted by Gasteiger charge is -2.28. The van der Waals surface area contributed by atoms with E-state index in [-0.39, 0.29) is 23.0 Å². The first kappa shape index (κ1) is 24.2. The zero-order valence-electron chi connectivity index (χ0n) is 16.2. The molecule has 1 atom stereocenters. The molecule has 10 heteroatoms. The first-order valence-electron chi connectivity index (χ1n) is 8.76. The van der Waals surface area contributed by atoms with Crippen molar-refractivity contribution >= 4 is 69.7 Å². The lowest BCUT2D eigenvalue weighted by atomic mass is 10.1. The standard InChI is InChI=1S/C20H20Cl3N3O3S/c1-12-7-9-13(10-8-12)11-16(27)25-18(20(21,22)23)26-19(30)24-15-6-4-3-5-14(15)17(28)29-2/h3-10,18H,11H2,1-2H3,(H,25,27)(H2,24,26,30). The number of carbonyl (C=O) groups excluding carboxylic acids is 2. The van der Waals surface area contributed by atoms with Crippen molar-refractivity contribution in [3.63, 3.8) is 0 Å². The van der Waals surface area contributed by atoms with Gasteiger partial charge in [0.05, 0.1) is 24.8 Å². The number of para-hydroxylation sites is 1. The quantitative estimate of drug-likeness (QED) is 0.246. The third-order valence-corrected chi connectivity index (χ3v) is 4.85. The van der Waals surface area contributed by atoms with Crippen LogP contribution < -0.4 is 16.0 Å². The summed E-state index contributed by atoms with van der Waals surface area (Å²) in [4.78, 5) is 24.3. The highest BCUT2D eigenvalue weighted by Crippen LogP contribution is 2.29. The van der Waals surface area contributed by atoms with Crippen molar-refractivity contribution in [2.75, 3.05) is 12.4 Å². The van der Waals surface area contributed by atoms with E-state index in [9.17, 15) is 9.59 Å². The minimum Gasteiger partial charge on any atom is -0.465 e. The van der Waals surface area contributed by atoms with Gasteiger partial charge in [0.2, 0.25) is 9.70 Å². The van der Waals surface area contributed by atoms with Crippen LogP contribution in [0.1, 0.15) is 21.5 Å². The number of alkyl halides is 3. The maximum atomic E-state index is 12.4. The number of hydrogen-bond acceptors (Lipinski definition) is 4. The fraction of sp³-hybridized carbons (Fsp3) is 0.250. The zero-order valence-corrected chi connectivity index (χ0v) is 19.3. The van der Waals surface area contributed by atoms with Gasteiger partial charge in [0.25, 0.3) is 0 Å². The van der Waals surface area contributed by atoms with Crippen LogP contribution in [0.3, 0.4) is 0 Å².